The Kier molecular flexibility index (Phi) is 7.66. The molecule has 2 atom stereocenters. The van der Waals surface area contributed by atoms with Crippen molar-refractivity contribution in [1.82, 2.24) is 9.80 Å². The lowest BCUT2D eigenvalue weighted by Gasteiger charge is -2.35. The molecule has 26 heavy (non-hydrogen) atoms. The Bertz CT molecular complexity index is 543. The molecule has 2 heterocycles. The van der Waals surface area contributed by atoms with Crippen LogP contribution in [-0.4, -0.2) is 79.7 Å². The fourth-order valence-electron chi connectivity index (χ4n) is 3.50. The van der Waals surface area contributed by atoms with E-state index in [0.717, 1.165) is 45.6 Å². The van der Waals surface area contributed by atoms with Crippen molar-refractivity contribution >= 4 is 11.6 Å². The summed E-state index contributed by atoms with van der Waals surface area (Å²) in [5.74, 6) is -0.251. The fourth-order valence-corrected chi connectivity index (χ4v) is 3.72. The second kappa shape index (κ2) is 9.97. The van der Waals surface area contributed by atoms with Gasteiger partial charge in [0.1, 0.15) is 5.82 Å². The molecule has 2 saturated heterocycles. The van der Waals surface area contributed by atoms with E-state index in [1.165, 1.54) is 6.07 Å². The molecule has 5 nitrogen and oxygen atoms in total. The average molecular weight is 387 g/mol. The second-order valence-corrected chi connectivity index (χ2v) is 7.51. The zero-order valence-corrected chi connectivity index (χ0v) is 15.8. The number of hydrogen-bond acceptors (Lipinski definition) is 5. The van der Waals surface area contributed by atoms with E-state index >= 15 is 0 Å². The largest absolute Gasteiger partial charge is 0.389 e. The van der Waals surface area contributed by atoms with Crippen molar-refractivity contribution in [2.24, 2.45) is 0 Å². The number of β-amino-alcohol motifs (C(OH)–C–C–N with tert-alkyl or cyclic N) is 1. The van der Waals surface area contributed by atoms with Crippen molar-refractivity contribution in [3.05, 3.63) is 34.6 Å². The SMILES string of the molecule is OC(COCC1CCCO1)CN1CCN(Cc2c(F)cccc2Cl)CC1. The van der Waals surface area contributed by atoms with Crippen molar-refractivity contribution in [3.8, 4) is 0 Å². The Morgan fingerprint density at radius 1 is 1.27 bits per heavy atom. The van der Waals surface area contributed by atoms with Crippen LogP contribution >= 0.6 is 11.6 Å². The van der Waals surface area contributed by atoms with E-state index in [1.54, 1.807) is 12.1 Å². The first kappa shape index (κ1) is 20.0. The highest BCUT2D eigenvalue weighted by atomic mass is 35.5. The Balaban J connectivity index is 1.34. The molecule has 0 radical (unpaired) electrons. The van der Waals surface area contributed by atoms with E-state index < -0.39 is 6.10 Å². The highest BCUT2D eigenvalue weighted by Gasteiger charge is 2.21. The minimum atomic E-state index is -0.496. The van der Waals surface area contributed by atoms with Gasteiger partial charge in [0.05, 0.1) is 25.4 Å². The third-order valence-corrected chi connectivity index (χ3v) is 5.37. The number of halogens is 2. The summed E-state index contributed by atoms with van der Waals surface area (Å²) in [6, 6.07) is 4.80. The van der Waals surface area contributed by atoms with Gasteiger partial charge in [-0.15, -0.1) is 0 Å². The molecule has 2 aliphatic heterocycles. The molecule has 0 aromatic heterocycles. The van der Waals surface area contributed by atoms with Gasteiger partial charge in [-0.1, -0.05) is 17.7 Å². The number of nitrogens with zero attached hydrogens (tertiary/aromatic N) is 2. The third-order valence-electron chi connectivity index (χ3n) is 5.02. The zero-order chi connectivity index (χ0) is 18.4. The fraction of sp³-hybridized carbons (Fsp3) is 0.684. The summed E-state index contributed by atoms with van der Waals surface area (Å²) in [6.07, 6.45) is 1.84. The Morgan fingerprint density at radius 2 is 2.04 bits per heavy atom. The molecule has 0 spiro atoms. The summed E-state index contributed by atoms with van der Waals surface area (Å²) in [5, 5.41) is 10.6. The molecule has 0 saturated carbocycles. The van der Waals surface area contributed by atoms with Crippen LogP contribution in [0.15, 0.2) is 18.2 Å². The van der Waals surface area contributed by atoms with E-state index in [1.807, 2.05) is 0 Å². The van der Waals surface area contributed by atoms with Crippen molar-refractivity contribution in [2.75, 3.05) is 52.5 Å². The van der Waals surface area contributed by atoms with Crippen molar-refractivity contribution in [1.29, 1.82) is 0 Å². The Hall–Kier alpha value is -0.760. The maximum atomic E-state index is 13.9. The van der Waals surface area contributed by atoms with Crippen LogP contribution in [0, 0.1) is 5.82 Å². The lowest BCUT2D eigenvalue weighted by atomic mass is 10.1. The first-order valence-electron chi connectivity index (χ1n) is 9.37. The molecule has 1 aromatic carbocycles. The van der Waals surface area contributed by atoms with Crippen molar-refractivity contribution < 1.29 is 19.0 Å². The maximum absolute atomic E-state index is 13.9. The van der Waals surface area contributed by atoms with E-state index in [-0.39, 0.29) is 11.9 Å². The van der Waals surface area contributed by atoms with Gasteiger partial charge in [0.2, 0.25) is 0 Å². The van der Waals surface area contributed by atoms with Crippen molar-refractivity contribution in [3.63, 3.8) is 0 Å². The first-order chi connectivity index (χ1) is 12.6. The van der Waals surface area contributed by atoms with Gasteiger partial charge in [0.25, 0.3) is 0 Å². The van der Waals surface area contributed by atoms with Gasteiger partial charge >= 0.3 is 0 Å². The topological polar surface area (TPSA) is 45.2 Å². The van der Waals surface area contributed by atoms with Crippen LogP contribution in [-0.2, 0) is 16.0 Å². The summed E-state index contributed by atoms with van der Waals surface area (Å²) >= 11 is 6.11. The molecule has 0 amide bonds. The molecule has 1 aromatic rings. The van der Waals surface area contributed by atoms with Crippen molar-refractivity contribution in [2.45, 2.75) is 31.6 Å². The van der Waals surface area contributed by atoms with Gasteiger partial charge in [-0.05, 0) is 25.0 Å². The Labute approximate surface area is 159 Å². The summed E-state index contributed by atoms with van der Waals surface area (Å²) in [6.45, 7) is 6.18. The van der Waals surface area contributed by atoms with Crippen LogP contribution < -0.4 is 0 Å². The predicted molar refractivity (Wildman–Crippen MR) is 98.9 cm³/mol. The summed E-state index contributed by atoms with van der Waals surface area (Å²) in [4.78, 5) is 4.42. The zero-order valence-electron chi connectivity index (χ0n) is 15.1. The van der Waals surface area contributed by atoms with Crippen LogP contribution in [0.25, 0.3) is 0 Å². The van der Waals surface area contributed by atoms with Crippen LogP contribution in [0.5, 0.6) is 0 Å². The average Bonchev–Trinajstić information content (AvgIpc) is 3.13. The standard InChI is InChI=1S/C19H28ClFN2O3/c20-18-4-1-5-19(21)17(18)12-23-8-6-22(7-9-23)11-15(24)13-25-14-16-3-2-10-26-16/h1,4-5,15-16,24H,2-3,6-14H2. The number of aliphatic hydroxyl groups excluding tert-OH is 1. The highest BCUT2D eigenvalue weighted by Crippen LogP contribution is 2.21. The molecule has 0 bridgehead atoms. The van der Waals surface area contributed by atoms with Gasteiger partial charge in [-0.3, -0.25) is 9.80 Å². The van der Waals surface area contributed by atoms with Gasteiger partial charge in [0.15, 0.2) is 0 Å². The molecule has 3 rings (SSSR count). The van der Waals surface area contributed by atoms with Crippen LogP contribution in [0.3, 0.4) is 0 Å². The molecular weight excluding hydrogens is 359 g/mol. The van der Waals surface area contributed by atoms with Gasteiger partial charge in [0, 0.05) is 56.5 Å². The predicted octanol–water partition coefficient (Wildman–Crippen LogP) is 2.15. The van der Waals surface area contributed by atoms with Gasteiger partial charge in [-0.25, -0.2) is 4.39 Å². The van der Waals surface area contributed by atoms with E-state index in [9.17, 15) is 9.50 Å². The van der Waals surface area contributed by atoms with E-state index in [4.69, 9.17) is 21.1 Å². The number of benzene rings is 1. The molecule has 7 heteroatoms. The molecule has 146 valence electrons. The van der Waals surface area contributed by atoms with Crippen LogP contribution in [0.4, 0.5) is 4.39 Å². The smallest absolute Gasteiger partial charge is 0.129 e. The second-order valence-electron chi connectivity index (χ2n) is 7.10. The molecule has 0 aliphatic carbocycles. The highest BCUT2D eigenvalue weighted by molar-refractivity contribution is 6.31. The number of rotatable bonds is 8. The van der Waals surface area contributed by atoms with Gasteiger partial charge in [-0.2, -0.15) is 0 Å². The minimum absolute atomic E-state index is 0.191. The minimum Gasteiger partial charge on any atom is -0.389 e. The molecule has 1 N–H and O–H groups in total. The normalized spacial score (nSPS) is 23.4. The molecule has 2 aliphatic rings. The first-order valence-corrected chi connectivity index (χ1v) is 9.74. The number of hydrogen-bond donors (Lipinski definition) is 1. The molecule has 2 fully saturated rings. The van der Waals surface area contributed by atoms with Crippen LogP contribution in [0.1, 0.15) is 18.4 Å². The lowest BCUT2D eigenvalue weighted by Crippen LogP contribution is -2.48. The Morgan fingerprint density at radius 3 is 2.73 bits per heavy atom. The number of piperazine rings is 1. The third kappa shape index (κ3) is 5.87. The van der Waals surface area contributed by atoms with Crippen LogP contribution in [0.2, 0.25) is 5.02 Å². The maximum Gasteiger partial charge on any atom is 0.129 e. The summed E-state index contributed by atoms with van der Waals surface area (Å²) in [5.41, 5.74) is 0.560. The van der Waals surface area contributed by atoms with E-state index in [0.29, 0.717) is 36.9 Å². The van der Waals surface area contributed by atoms with E-state index in [2.05, 4.69) is 9.80 Å². The summed E-state index contributed by atoms with van der Waals surface area (Å²) in [7, 11) is 0. The number of aliphatic hydroxyl groups is 1. The summed E-state index contributed by atoms with van der Waals surface area (Å²) < 4.78 is 25.0. The molecular formula is C19H28ClFN2O3. The quantitative estimate of drug-likeness (QED) is 0.741. The van der Waals surface area contributed by atoms with Gasteiger partial charge < -0.3 is 14.6 Å². The lowest BCUT2D eigenvalue weighted by molar-refractivity contribution is -0.0288. The monoisotopic (exact) mass is 386 g/mol. The number of ether oxygens (including phenoxy) is 2. The molecule has 2 unspecified atom stereocenters.